The van der Waals surface area contributed by atoms with Crippen molar-refractivity contribution in [3.8, 4) is 0 Å². The predicted octanol–water partition coefficient (Wildman–Crippen LogP) is 1.54. The van der Waals surface area contributed by atoms with Crippen molar-refractivity contribution in [3.63, 3.8) is 0 Å². The van der Waals surface area contributed by atoms with Gasteiger partial charge in [0, 0.05) is 23.6 Å². The number of aromatic nitrogens is 1. The molecule has 1 aliphatic rings. The highest BCUT2D eigenvalue weighted by Gasteiger charge is 2.39. The Labute approximate surface area is 169 Å². The van der Waals surface area contributed by atoms with Gasteiger partial charge >= 0.3 is 6.03 Å². The van der Waals surface area contributed by atoms with Gasteiger partial charge in [0.2, 0.25) is 5.91 Å². The lowest BCUT2D eigenvalue weighted by Crippen LogP contribution is -2.45. The van der Waals surface area contributed by atoms with Gasteiger partial charge in [-0.1, -0.05) is 38.5 Å². The summed E-state index contributed by atoms with van der Waals surface area (Å²) in [6, 6.07) is 6.14. The van der Waals surface area contributed by atoms with Crippen molar-refractivity contribution in [1.29, 1.82) is 0 Å². The topological polar surface area (TPSA) is 115 Å². The number of fused-ring (bicyclic) bond motifs is 1. The lowest BCUT2D eigenvalue weighted by atomic mass is 9.99. The number of nitrogens with one attached hydrogen (secondary N) is 3. The Morgan fingerprint density at radius 3 is 2.79 bits per heavy atom. The number of hydrogen-bond donors (Lipinski definition) is 4. The third kappa shape index (κ3) is 4.59. The molecule has 0 saturated carbocycles. The molecule has 1 aromatic carbocycles. The van der Waals surface area contributed by atoms with Crippen LogP contribution in [-0.2, 0) is 16.0 Å². The molecule has 1 saturated heterocycles. The zero-order valence-corrected chi connectivity index (χ0v) is 16.8. The van der Waals surface area contributed by atoms with E-state index in [1.165, 1.54) is 0 Å². The average Bonchev–Trinajstić information content (AvgIpc) is 3.24. The van der Waals surface area contributed by atoms with Crippen molar-refractivity contribution in [2.24, 2.45) is 5.92 Å². The first-order valence-electron chi connectivity index (χ1n) is 10.0. The van der Waals surface area contributed by atoms with Gasteiger partial charge in [-0.15, -0.1) is 0 Å². The van der Waals surface area contributed by atoms with Gasteiger partial charge in [-0.25, -0.2) is 4.79 Å². The molecule has 0 bridgehead atoms. The van der Waals surface area contributed by atoms with Crippen LogP contribution in [0.2, 0.25) is 0 Å². The summed E-state index contributed by atoms with van der Waals surface area (Å²) in [6.07, 6.45) is 3.09. The van der Waals surface area contributed by atoms with Crippen LogP contribution in [0, 0.1) is 5.92 Å². The van der Waals surface area contributed by atoms with E-state index in [9.17, 15) is 19.5 Å². The van der Waals surface area contributed by atoms with Crippen LogP contribution in [0.25, 0.3) is 10.9 Å². The van der Waals surface area contributed by atoms with E-state index >= 15 is 0 Å². The van der Waals surface area contributed by atoms with Gasteiger partial charge in [0.25, 0.3) is 5.91 Å². The summed E-state index contributed by atoms with van der Waals surface area (Å²) < 4.78 is 0. The van der Waals surface area contributed by atoms with Crippen molar-refractivity contribution in [3.05, 3.63) is 36.0 Å². The zero-order valence-electron chi connectivity index (χ0n) is 16.8. The fourth-order valence-electron chi connectivity index (χ4n) is 3.60. The van der Waals surface area contributed by atoms with E-state index in [1.807, 2.05) is 44.3 Å². The molecule has 8 nitrogen and oxygen atoms in total. The van der Waals surface area contributed by atoms with Crippen LogP contribution in [0.5, 0.6) is 0 Å². The van der Waals surface area contributed by atoms with E-state index in [2.05, 4.69) is 15.6 Å². The van der Waals surface area contributed by atoms with Gasteiger partial charge in [-0.3, -0.25) is 14.5 Å². The van der Waals surface area contributed by atoms with E-state index in [4.69, 9.17) is 0 Å². The van der Waals surface area contributed by atoms with Crippen molar-refractivity contribution in [1.82, 2.24) is 20.5 Å². The Morgan fingerprint density at radius 2 is 2.07 bits per heavy atom. The molecule has 29 heavy (non-hydrogen) atoms. The monoisotopic (exact) mass is 400 g/mol. The molecule has 2 heterocycles. The van der Waals surface area contributed by atoms with Crippen LogP contribution < -0.4 is 10.6 Å². The molecular weight excluding hydrogens is 372 g/mol. The summed E-state index contributed by atoms with van der Waals surface area (Å²) in [5.74, 6) is -0.638. The summed E-state index contributed by atoms with van der Waals surface area (Å²) >= 11 is 0. The lowest BCUT2D eigenvalue weighted by Gasteiger charge is -2.22. The van der Waals surface area contributed by atoms with E-state index in [-0.39, 0.29) is 37.4 Å². The van der Waals surface area contributed by atoms with Gasteiger partial charge in [-0.05, 0) is 24.0 Å². The molecular formula is C21H28N4O4. The van der Waals surface area contributed by atoms with Crippen LogP contribution in [0.3, 0.4) is 0 Å². The normalized spacial score (nSPS) is 18.7. The van der Waals surface area contributed by atoms with Gasteiger partial charge in [0.15, 0.2) is 0 Å². The van der Waals surface area contributed by atoms with Crippen LogP contribution in [0.4, 0.5) is 4.79 Å². The van der Waals surface area contributed by atoms with Gasteiger partial charge in [0.1, 0.15) is 6.04 Å². The number of urea groups is 1. The Hall–Kier alpha value is -2.87. The van der Waals surface area contributed by atoms with Crippen molar-refractivity contribution >= 4 is 28.7 Å². The van der Waals surface area contributed by atoms with E-state index < -0.39 is 18.0 Å². The first-order chi connectivity index (χ1) is 13.9. The molecule has 4 N–H and O–H groups in total. The number of amides is 4. The molecule has 0 unspecified atom stereocenters. The number of carbonyl (C=O) groups excluding carboxylic acids is 3. The molecule has 3 rings (SSSR count). The predicted molar refractivity (Wildman–Crippen MR) is 109 cm³/mol. The van der Waals surface area contributed by atoms with Crippen molar-refractivity contribution in [2.45, 2.75) is 45.2 Å². The SMILES string of the molecule is CC[C@H](C)[C@H](CO)NC(=O)C[C@@H]1NC(=O)N(CCc2c[nH]c3ccccc23)C1=O. The molecule has 1 aromatic heterocycles. The first-order valence-corrected chi connectivity index (χ1v) is 10.0. The molecule has 8 heteroatoms. The zero-order chi connectivity index (χ0) is 21.0. The van der Waals surface area contributed by atoms with Gasteiger partial charge < -0.3 is 20.7 Å². The highest BCUT2D eigenvalue weighted by atomic mass is 16.3. The largest absolute Gasteiger partial charge is 0.394 e. The first kappa shape index (κ1) is 20.9. The van der Waals surface area contributed by atoms with Crippen LogP contribution in [0.15, 0.2) is 30.5 Å². The molecule has 2 aromatic rings. The molecule has 0 spiro atoms. The maximum atomic E-state index is 12.6. The van der Waals surface area contributed by atoms with Gasteiger partial charge in [-0.2, -0.15) is 0 Å². The number of imide groups is 1. The Kier molecular flexibility index (Phi) is 6.53. The average molecular weight is 400 g/mol. The molecule has 0 radical (unpaired) electrons. The minimum atomic E-state index is -0.873. The fourth-order valence-corrected chi connectivity index (χ4v) is 3.60. The number of benzene rings is 1. The number of aromatic amines is 1. The second-order valence-corrected chi connectivity index (χ2v) is 7.55. The second kappa shape index (κ2) is 9.09. The highest BCUT2D eigenvalue weighted by Crippen LogP contribution is 2.19. The number of H-pyrrole nitrogens is 1. The molecule has 1 aliphatic heterocycles. The van der Waals surface area contributed by atoms with Crippen LogP contribution >= 0.6 is 0 Å². The highest BCUT2D eigenvalue weighted by molar-refractivity contribution is 6.05. The van der Waals surface area contributed by atoms with E-state index in [1.54, 1.807) is 0 Å². The minimum absolute atomic E-state index is 0.116. The number of para-hydroxylation sites is 1. The molecule has 4 amide bonds. The summed E-state index contributed by atoms with van der Waals surface area (Å²) in [5, 5.41) is 15.9. The van der Waals surface area contributed by atoms with E-state index in [0.717, 1.165) is 27.8 Å². The Balaban J connectivity index is 1.57. The molecule has 0 aliphatic carbocycles. The standard InChI is InChI=1S/C21H28N4O4/c1-3-13(2)18(12-26)23-19(27)10-17-20(28)25(21(29)24-17)9-8-14-11-22-16-7-5-4-6-15(14)16/h4-7,11,13,17-18,22,26H,3,8-10,12H2,1-2H3,(H,23,27)(H,24,29)/t13-,17-,18-/m0/s1. The van der Waals surface area contributed by atoms with Crippen molar-refractivity contribution < 1.29 is 19.5 Å². The van der Waals surface area contributed by atoms with Crippen molar-refractivity contribution in [2.75, 3.05) is 13.2 Å². The minimum Gasteiger partial charge on any atom is -0.394 e. The Morgan fingerprint density at radius 1 is 1.31 bits per heavy atom. The molecule has 1 fully saturated rings. The third-order valence-corrected chi connectivity index (χ3v) is 5.65. The number of hydrogen-bond acceptors (Lipinski definition) is 4. The second-order valence-electron chi connectivity index (χ2n) is 7.55. The quantitative estimate of drug-likeness (QED) is 0.478. The number of nitrogens with zero attached hydrogens (tertiary/aromatic N) is 1. The molecule has 3 atom stereocenters. The molecule has 156 valence electrons. The fraction of sp³-hybridized carbons (Fsp3) is 0.476. The summed E-state index contributed by atoms with van der Waals surface area (Å²) in [4.78, 5) is 41.5. The maximum absolute atomic E-state index is 12.6. The summed E-state index contributed by atoms with van der Waals surface area (Å²) in [6.45, 7) is 4.00. The summed E-state index contributed by atoms with van der Waals surface area (Å²) in [7, 11) is 0. The van der Waals surface area contributed by atoms with Crippen LogP contribution in [0.1, 0.15) is 32.3 Å². The lowest BCUT2D eigenvalue weighted by molar-refractivity contribution is -0.131. The number of aliphatic hydroxyl groups is 1. The summed E-state index contributed by atoms with van der Waals surface area (Å²) in [5.41, 5.74) is 2.04. The Bertz CT molecular complexity index is 894. The van der Waals surface area contributed by atoms with E-state index in [0.29, 0.717) is 6.42 Å². The third-order valence-electron chi connectivity index (χ3n) is 5.65. The maximum Gasteiger partial charge on any atom is 0.324 e. The number of aliphatic hydroxyl groups excluding tert-OH is 1. The number of carbonyl (C=O) groups is 3. The smallest absolute Gasteiger partial charge is 0.324 e. The number of rotatable bonds is 9. The van der Waals surface area contributed by atoms with Crippen LogP contribution in [-0.4, -0.2) is 58.1 Å². The van der Waals surface area contributed by atoms with Gasteiger partial charge in [0.05, 0.1) is 19.1 Å².